The van der Waals surface area contributed by atoms with E-state index in [2.05, 4.69) is 13.7 Å². The summed E-state index contributed by atoms with van der Waals surface area (Å²) in [6.07, 6.45) is 3.17. The second kappa shape index (κ2) is 5.87. The lowest BCUT2D eigenvalue weighted by atomic mass is 10.8. The van der Waals surface area contributed by atoms with Gasteiger partial charge in [-0.15, -0.1) is 0 Å². The average molecular weight is 211 g/mol. The van der Waals surface area contributed by atoms with Gasteiger partial charge < -0.3 is 5.43 Å². The topological polar surface area (TPSA) is 36.8 Å². The summed E-state index contributed by atoms with van der Waals surface area (Å²) in [5.74, 6) is 0. The van der Waals surface area contributed by atoms with Crippen molar-refractivity contribution in [1.29, 1.82) is 0 Å². The Balaban J connectivity index is 3.09. The molecule has 0 radical (unpaired) electrons. The van der Waals surface area contributed by atoms with Crippen LogP contribution in [0.25, 0.3) is 0 Å². The highest BCUT2D eigenvalue weighted by Gasteiger charge is 1.56. The van der Waals surface area contributed by atoms with E-state index in [9.17, 15) is 0 Å². The molecular formula is C3H6IN3. The minimum absolute atomic E-state index is 1.58. The first-order valence-corrected chi connectivity index (χ1v) is 2.71. The van der Waals surface area contributed by atoms with Crippen LogP contribution in [-0.2, 0) is 0 Å². The molecule has 0 aliphatic carbocycles. The van der Waals surface area contributed by atoms with Crippen molar-refractivity contribution >= 4 is 35.3 Å². The normalized spacial score (nSPS) is 11.1. The fraction of sp³-hybridized carbons (Fsp3) is 0.333. The van der Waals surface area contributed by atoms with Crippen LogP contribution in [-0.4, -0.2) is 19.5 Å². The molecular weight excluding hydrogens is 205 g/mol. The van der Waals surface area contributed by atoms with Crippen LogP contribution in [0, 0.1) is 0 Å². The smallest absolute Gasteiger partial charge is 0.0831 e. The third kappa shape index (κ3) is 5.87. The maximum atomic E-state index is 3.63. The quantitative estimate of drug-likeness (QED) is 0.405. The molecule has 3 nitrogen and oxygen atoms in total. The van der Waals surface area contributed by atoms with Gasteiger partial charge in [-0.2, -0.15) is 5.10 Å². The van der Waals surface area contributed by atoms with Crippen LogP contribution in [0.3, 0.4) is 0 Å². The van der Waals surface area contributed by atoms with E-state index >= 15 is 0 Å². The molecule has 0 amide bonds. The zero-order chi connectivity index (χ0) is 5.54. The Morgan fingerprint density at radius 3 is 2.71 bits per heavy atom. The maximum absolute atomic E-state index is 3.63. The Morgan fingerprint density at radius 2 is 2.29 bits per heavy atom. The minimum Gasteiger partial charge on any atom is -0.313 e. The van der Waals surface area contributed by atoms with Crippen LogP contribution in [0.2, 0.25) is 0 Å². The molecule has 0 rings (SSSR count). The lowest BCUT2D eigenvalue weighted by molar-refractivity contribution is 0.910. The van der Waals surface area contributed by atoms with E-state index in [1.165, 1.54) is 0 Å². The molecule has 0 unspecified atom stereocenters. The van der Waals surface area contributed by atoms with Gasteiger partial charge >= 0.3 is 0 Å². The Bertz CT molecular complexity index is 78.2. The van der Waals surface area contributed by atoms with Crippen molar-refractivity contribution in [3.8, 4) is 0 Å². The number of nitrogens with one attached hydrogen (secondary N) is 1. The molecule has 1 N–H and O–H groups in total. The van der Waals surface area contributed by atoms with Gasteiger partial charge in [0.15, 0.2) is 0 Å². The Hall–Kier alpha value is -0.130. The molecule has 0 aliphatic heterocycles. The van der Waals surface area contributed by atoms with Crippen LogP contribution in [0.4, 0.5) is 0 Å². The molecule has 0 aromatic heterocycles. The molecule has 4 heteroatoms. The average Bonchev–Trinajstić information content (AvgIpc) is 1.69. The van der Waals surface area contributed by atoms with Crippen LogP contribution in [0.5, 0.6) is 0 Å². The maximum Gasteiger partial charge on any atom is 0.0831 e. The van der Waals surface area contributed by atoms with Crippen molar-refractivity contribution in [1.82, 2.24) is 5.43 Å². The number of rotatable bonds is 2. The molecule has 0 atom stereocenters. The van der Waals surface area contributed by atoms with Gasteiger partial charge in [-0.05, 0) is 0 Å². The molecule has 0 saturated carbocycles. The standard InChI is InChI=1S/C3H6IN3/c1-5-7-3-2-6-4/h2-3,5H,1H3/b6-2-,7-3-. The minimum atomic E-state index is 1.58. The summed E-state index contributed by atoms with van der Waals surface area (Å²) in [5, 5.41) is 3.63. The van der Waals surface area contributed by atoms with E-state index < -0.39 is 0 Å². The third-order valence-corrected chi connectivity index (χ3v) is 0.648. The van der Waals surface area contributed by atoms with Crippen molar-refractivity contribution in [3.63, 3.8) is 0 Å². The highest BCUT2D eigenvalue weighted by Crippen LogP contribution is 1.73. The van der Waals surface area contributed by atoms with Gasteiger partial charge in [0.2, 0.25) is 0 Å². The Morgan fingerprint density at radius 1 is 1.57 bits per heavy atom. The van der Waals surface area contributed by atoms with E-state index in [0.29, 0.717) is 0 Å². The van der Waals surface area contributed by atoms with Crippen molar-refractivity contribution in [2.24, 2.45) is 8.31 Å². The van der Waals surface area contributed by atoms with Crippen molar-refractivity contribution in [2.45, 2.75) is 0 Å². The zero-order valence-corrected chi connectivity index (χ0v) is 6.08. The lowest BCUT2D eigenvalue weighted by Gasteiger charge is -1.77. The monoisotopic (exact) mass is 211 g/mol. The molecule has 40 valence electrons. The lowest BCUT2D eigenvalue weighted by Crippen LogP contribution is -1.93. The first-order chi connectivity index (χ1) is 3.41. The van der Waals surface area contributed by atoms with Crippen molar-refractivity contribution in [3.05, 3.63) is 0 Å². The van der Waals surface area contributed by atoms with E-state index in [1.807, 2.05) is 22.9 Å². The van der Waals surface area contributed by atoms with Gasteiger partial charge in [-0.3, -0.25) is 0 Å². The molecule has 0 aromatic rings. The molecule has 0 aliphatic rings. The van der Waals surface area contributed by atoms with Gasteiger partial charge in [0.1, 0.15) is 0 Å². The van der Waals surface area contributed by atoms with E-state index in [1.54, 1.807) is 19.5 Å². The summed E-state index contributed by atoms with van der Waals surface area (Å²) in [5.41, 5.74) is 2.58. The summed E-state index contributed by atoms with van der Waals surface area (Å²) >= 11 is 1.88. The Kier molecular flexibility index (Phi) is 5.76. The second-order valence-electron chi connectivity index (χ2n) is 0.748. The number of hydrogen-bond acceptors (Lipinski definition) is 3. The van der Waals surface area contributed by atoms with Gasteiger partial charge in [0, 0.05) is 7.05 Å². The molecule has 0 aromatic carbocycles. The number of halogens is 1. The first-order valence-electron chi connectivity index (χ1n) is 1.74. The summed E-state index contributed by atoms with van der Waals surface area (Å²) < 4.78 is 3.63. The van der Waals surface area contributed by atoms with Crippen molar-refractivity contribution < 1.29 is 0 Å². The van der Waals surface area contributed by atoms with E-state index in [-0.39, 0.29) is 0 Å². The molecule has 7 heavy (non-hydrogen) atoms. The fourth-order valence-corrected chi connectivity index (χ4v) is 0.277. The fourth-order valence-electron chi connectivity index (χ4n) is 0.133. The van der Waals surface area contributed by atoms with Crippen LogP contribution in [0.1, 0.15) is 0 Å². The van der Waals surface area contributed by atoms with Crippen LogP contribution >= 0.6 is 22.9 Å². The number of hydrazone groups is 1. The highest BCUT2D eigenvalue weighted by atomic mass is 127. The molecule has 0 saturated heterocycles. The summed E-state index contributed by atoms with van der Waals surface area (Å²) in [6.45, 7) is 0. The number of nitrogens with zero attached hydrogens (tertiary/aromatic N) is 2. The van der Waals surface area contributed by atoms with E-state index in [0.717, 1.165) is 0 Å². The van der Waals surface area contributed by atoms with Gasteiger partial charge in [0.05, 0.1) is 35.3 Å². The van der Waals surface area contributed by atoms with Crippen LogP contribution < -0.4 is 5.43 Å². The van der Waals surface area contributed by atoms with Crippen molar-refractivity contribution in [2.75, 3.05) is 7.05 Å². The third-order valence-electron chi connectivity index (χ3n) is 0.327. The predicted octanol–water partition coefficient (Wildman–Crippen LogP) is 0.612. The zero-order valence-electron chi connectivity index (χ0n) is 3.93. The molecule has 0 fully saturated rings. The number of hydrogen-bond donors (Lipinski definition) is 1. The first kappa shape index (κ1) is 6.87. The SMILES string of the molecule is CN/N=C\C=N/I. The van der Waals surface area contributed by atoms with Gasteiger partial charge in [-0.1, -0.05) is 0 Å². The molecule has 0 bridgehead atoms. The molecule has 0 heterocycles. The largest absolute Gasteiger partial charge is 0.313 e. The summed E-state index contributed by atoms with van der Waals surface area (Å²) in [7, 11) is 1.73. The second-order valence-corrected chi connectivity index (χ2v) is 1.31. The Labute approximate surface area is 56.4 Å². The van der Waals surface area contributed by atoms with Gasteiger partial charge in [0.25, 0.3) is 0 Å². The van der Waals surface area contributed by atoms with Gasteiger partial charge in [-0.25, -0.2) is 3.21 Å². The highest BCUT2D eigenvalue weighted by molar-refractivity contribution is 14.1. The summed E-state index contributed by atoms with van der Waals surface area (Å²) in [6, 6.07) is 0. The summed E-state index contributed by atoms with van der Waals surface area (Å²) in [4.78, 5) is 0. The van der Waals surface area contributed by atoms with E-state index in [4.69, 9.17) is 0 Å². The molecule has 0 spiro atoms. The van der Waals surface area contributed by atoms with Crippen LogP contribution in [0.15, 0.2) is 8.31 Å². The predicted molar refractivity (Wildman–Crippen MR) is 40.1 cm³/mol.